The van der Waals surface area contributed by atoms with Gasteiger partial charge in [0.1, 0.15) is 5.56 Å². The van der Waals surface area contributed by atoms with Gasteiger partial charge in [0.2, 0.25) is 0 Å². The molecule has 1 aromatic rings. The number of H-pyrrole nitrogens is 1. The van der Waals surface area contributed by atoms with Crippen LogP contribution in [0.3, 0.4) is 0 Å². The maximum absolute atomic E-state index is 11.5. The molecule has 1 aromatic heterocycles. The second-order valence-corrected chi connectivity index (χ2v) is 4.12. The summed E-state index contributed by atoms with van der Waals surface area (Å²) >= 11 is 1.64. The number of hydrogen-bond acceptors (Lipinski definition) is 3. The molecule has 0 radical (unpaired) electrons. The molecule has 0 bridgehead atoms. The van der Waals surface area contributed by atoms with Crippen molar-refractivity contribution in [2.75, 3.05) is 18.6 Å². The summed E-state index contributed by atoms with van der Waals surface area (Å²) in [5.74, 6) is 0.528. The number of thioether (sulfide) groups is 1. The monoisotopic (exact) mass is 226 g/mol. The van der Waals surface area contributed by atoms with Gasteiger partial charge in [-0.05, 0) is 25.3 Å². The van der Waals surface area contributed by atoms with Crippen LogP contribution in [0.5, 0.6) is 0 Å². The molecule has 82 valence electrons. The topological polar surface area (TPSA) is 62.0 Å². The van der Waals surface area contributed by atoms with E-state index in [0.29, 0.717) is 6.54 Å². The Morgan fingerprint density at radius 3 is 2.87 bits per heavy atom. The number of carbonyl (C=O) groups is 1. The Balaban J connectivity index is 2.70. The third-order valence-electron chi connectivity index (χ3n) is 1.89. The molecular weight excluding hydrogens is 212 g/mol. The Kier molecular flexibility index (Phi) is 4.42. The molecule has 0 aliphatic heterocycles. The molecule has 0 aromatic carbocycles. The normalized spacial score (nSPS) is 10.0. The quantitative estimate of drug-likeness (QED) is 0.746. The molecule has 5 heteroatoms. The van der Waals surface area contributed by atoms with Gasteiger partial charge >= 0.3 is 0 Å². The highest BCUT2D eigenvalue weighted by Crippen LogP contribution is 1.94. The van der Waals surface area contributed by atoms with Crippen LogP contribution in [-0.4, -0.2) is 29.4 Å². The summed E-state index contributed by atoms with van der Waals surface area (Å²) in [4.78, 5) is 25.5. The second kappa shape index (κ2) is 5.60. The molecule has 0 saturated carbocycles. The molecule has 1 heterocycles. The number of rotatable bonds is 4. The van der Waals surface area contributed by atoms with E-state index in [-0.39, 0.29) is 17.0 Å². The minimum atomic E-state index is -0.336. The molecule has 0 spiro atoms. The van der Waals surface area contributed by atoms with Gasteiger partial charge in [-0.15, -0.1) is 0 Å². The first-order valence-corrected chi connectivity index (χ1v) is 6.01. The number of aromatic nitrogens is 1. The van der Waals surface area contributed by atoms with Crippen molar-refractivity contribution in [2.24, 2.45) is 0 Å². The molecule has 4 nitrogen and oxygen atoms in total. The Labute approximate surface area is 92.5 Å². The number of hydrogen-bond donors (Lipinski definition) is 2. The highest BCUT2D eigenvalue weighted by molar-refractivity contribution is 7.98. The van der Waals surface area contributed by atoms with Crippen LogP contribution < -0.4 is 10.9 Å². The van der Waals surface area contributed by atoms with E-state index in [2.05, 4.69) is 10.3 Å². The minimum absolute atomic E-state index is 0.168. The fraction of sp³-hybridized carbons (Fsp3) is 0.400. The molecule has 1 rings (SSSR count). The van der Waals surface area contributed by atoms with E-state index in [0.717, 1.165) is 11.4 Å². The molecule has 0 unspecified atom stereocenters. The van der Waals surface area contributed by atoms with Crippen molar-refractivity contribution in [2.45, 2.75) is 6.92 Å². The van der Waals surface area contributed by atoms with Crippen molar-refractivity contribution >= 4 is 17.7 Å². The van der Waals surface area contributed by atoms with Gasteiger partial charge in [0.25, 0.3) is 11.5 Å². The van der Waals surface area contributed by atoms with Crippen molar-refractivity contribution in [1.29, 1.82) is 0 Å². The van der Waals surface area contributed by atoms with Crippen molar-refractivity contribution in [3.05, 3.63) is 33.7 Å². The Morgan fingerprint density at radius 1 is 1.53 bits per heavy atom. The lowest BCUT2D eigenvalue weighted by Gasteiger charge is -2.03. The summed E-state index contributed by atoms with van der Waals surface area (Å²) < 4.78 is 0. The van der Waals surface area contributed by atoms with Crippen LogP contribution in [0.1, 0.15) is 16.1 Å². The van der Waals surface area contributed by atoms with E-state index in [4.69, 9.17) is 0 Å². The fourth-order valence-electron chi connectivity index (χ4n) is 1.11. The van der Waals surface area contributed by atoms with Gasteiger partial charge in [-0.1, -0.05) is 0 Å². The van der Waals surface area contributed by atoms with Gasteiger partial charge in [0.05, 0.1) is 0 Å². The maximum atomic E-state index is 11.5. The van der Waals surface area contributed by atoms with Crippen LogP contribution in [0.25, 0.3) is 0 Å². The Morgan fingerprint density at radius 2 is 2.27 bits per heavy atom. The SMILES string of the molecule is CSCCNC(=O)c1ccc(C)[nH]c1=O. The summed E-state index contributed by atoms with van der Waals surface area (Å²) in [6.45, 7) is 2.35. The van der Waals surface area contributed by atoms with Gasteiger partial charge in [0.15, 0.2) is 0 Å². The lowest BCUT2D eigenvalue weighted by atomic mass is 10.2. The van der Waals surface area contributed by atoms with Crippen LogP contribution in [0, 0.1) is 6.92 Å². The van der Waals surface area contributed by atoms with Crippen molar-refractivity contribution in [3.8, 4) is 0 Å². The first-order chi connectivity index (χ1) is 7.15. The maximum Gasteiger partial charge on any atom is 0.260 e. The van der Waals surface area contributed by atoms with Gasteiger partial charge in [-0.25, -0.2) is 0 Å². The number of nitrogens with one attached hydrogen (secondary N) is 2. The van der Waals surface area contributed by atoms with E-state index in [1.165, 1.54) is 0 Å². The van der Waals surface area contributed by atoms with Crippen molar-refractivity contribution < 1.29 is 4.79 Å². The Bertz CT molecular complexity index is 401. The summed E-state index contributed by atoms with van der Waals surface area (Å²) in [6.07, 6.45) is 1.96. The van der Waals surface area contributed by atoms with E-state index >= 15 is 0 Å². The standard InChI is InChI=1S/C10H14N2O2S/c1-7-3-4-8(10(14)12-7)9(13)11-5-6-15-2/h3-4H,5-6H2,1-2H3,(H,11,13)(H,12,14). The minimum Gasteiger partial charge on any atom is -0.351 e. The molecule has 15 heavy (non-hydrogen) atoms. The van der Waals surface area contributed by atoms with Crippen LogP contribution in [0.4, 0.5) is 0 Å². The smallest absolute Gasteiger partial charge is 0.260 e. The van der Waals surface area contributed by atoms with E-state index < -0.39 is 0 Å². The van der Waals surface area contributed by atoms with E-state index in [1.807, 2.05) is 6.26 Å². The van der Waals surface area contributed by atoms with Crippen LogP contribution in [0.2, 0.25) is 0 Å². The summed E-state index contributed by atoms with van der Waals surface area (Å²) in [7, 11) is 0. The van der Waals surface area contributed by atoms with Gasteiger partial charge in [0, 0.05) is 18.0 Å². The lowest BCUT2D eigenvalue weighted by molar-refractivity contribution is 0.0954. The Hall–Kier alpha value is -1.23. The van der Waals surface area contributed by atoms with Gasteiger partial charge in [-0.2, -0.15) is 11.8 Å². The van der Waals surface area contributed by atoms with Gasteiger partial charge < -0.3 is 10.3 Å². The molecule has 0 saturated heterocycles. The first kappa shape index (κ1) is 11.8. The summed E-state index contributed by atoms with van der Waals surface area (Å²) in [6, 6.07) is 3.26. The van der Waals surface area contributed by atoms with Crippen LogP contribution >= 0.6 is 11.8 Å². The van der Waals surface area contributed by atoms with Crippen molar-refractivity contribution in [3.63, 3.8) is 0 Å². The molecule has 0 fully saturated rings. The number of pyridine rings is 1. The number of carbonyl (C=O) groups excluding carboxylic acids is 1. The van der Waals surface area contributed by atoms with E-state index in [9.17, 15) is 9.59 Å². The molecule has 0 aliphatic rings. The van der Waals surface area contributed by atoms with Crippen LogP contribution in [-0.2, 0) is 0 Å². The lowest BCUT2D eigenvalue weighted by Crippen LogP contribution is -2.31. The molecule has 2 N–H and O–H groups in total. The average Bonchev–Trinajstić information content (AvgIpc) is 2.17. The zero-order chi connectivity index (χ0) is 11.3. The number of amides is 1. The molecular formula is C10H14N2O2S. The summed E-state index contributed by atoms with van der Waals surface area (Å²) in [5.41, 5.74) is 0.582. The molecule has 0 atom stereocenters. The van der Waals surface area contributed by atoms with Crippen molar-refractivity contribution in [1.82, 2.24) is 10.3 Å². The van der Waals surface area contributed by atoms with Crippen LogP contribution in [0.15, 0.2) is 16.9 Å². The average molecular weight is 226 g/mol. The zero-order valence-electron chi connectivity index (χ0n) is 8.79. The molecule has 0 aliphatic carbocycles. The fourth-order valence-corrected chi connectivity index (χ4v) is 1.42. The number of aromatic amines is 1. The second-order valence-electron chi connectivity index (χ2n) is 3.13. The predicted molar refractivity (Wildman–Crippen MR) is 62.5 cm³/mol. The third kappa shape index (κ3) is 3.43. The first-order valence-electron chi connectivity index (χ1n) is 4.62. The largest absolute Gasteiger partial charge is 0.351 e. The van der Waals surface area contributed by atoms with Gasteiger partial charge in [-0.3, -0.25) is 9.59 Å². The number of aryl methyl sites for hydroxylation is 1. The zero-order valence-corrected chi connectivity index (χ0v) is 9.61. The van der Waals surface area contributed by atoms with E-state index in [1.54, 1.807) is 30.8 Å². The highest BCUT2D eigenvalue weighted by atomic mass is 32.2. The molecule has 1 amide bonds. The highest BCUT2D eigenvalue weighted by Gasteiger charge is 2.08. The summed E-state index contributed by atoms with van der Waals surface area (Å²) in [5, 5.41) is 2.68. The predicted octanol–water partition coefficient (Wildman–Crippen LogP) is 0.776. The third-order valence-corrected chi connectivity index (χ3v) is 2.50.